The number of aromatic nitrogens is 2. The molecule has 68 valence electrons. The van der Waals surface area contributed by atoms with E-state index in [1.807, 2.05) is 24.7 Å². The van der Waals surface area contributed by atoms with E-state index in [0.29, 0.717) is 0 Å². The second-order valence-electron chi connectivity index (χ2n) is 4.17. The monoisotopic (exact) mass is 167 g/mol. The average molecular weight is 167 g/mol. The molecule has 0 aliphatic heterocycles. The Morgan fingerprint density at radius 3 is 2.33 bits per heavy atom. The van der Waals surface area contributed by atoms with Crippen molar-refractivity contribution in [3.05, 3.63) is 11.8 Å². The van der Waals surface area contributed by atoms with Gasteiger partial charge in [-0.15, -0.1) is 0 Å². The van der Waals surface area contributed by atoms with Crippen LogP contribution in [-0.2, 0) is 7.05 Å². The molecule has 0 aliphatic rings. The zero-order valence-corrected chi connectivity index (χ0v) is 8.47. The minimum absolute atomic E-state index is 0.0841. The Labute approximate surface area is 73.8 Å². The summed E-state index contributed by atoms with van der Waals surface area (Å²) in [6, 6.07) is 2.05. The first kappa shape index (κ1) is 9.10. The van der Waals surface area contributed by atoms with Gasteiger partial charge in [-0.25, -0.2) is 0 Å². The van der Waals surface area contributed by atoms with Gasteiger partial charge >= 0.3 is 0 Å². The second-order valence-corrected chi connectivity index (χ2v) is 4.17. The molecule has 0 fully saturated rings. The fourth-order valence-corrected chi connectivity index (χ4v) is 1.01. The van der Waals surface area contributed by atoms with Crippen LogP contribution in [0.3, 0.4) is 0 Å². The van der Waals surface area contributed by atoms with Crippen LogP contribution in [0, 0.1) is 6.92 Å². The molecule has 1 rings (SSSR count). The van der Waals surface area contributed by atoms with Crippen LogP contribution in [0.2, 0.25) is 0 Å². The summed E-state index contributed by atoms with van der Waals surface area (Å²) in [5.41, 5.74) is 1.25. The van der Waals surface area contributed by atoms with Gasteiger partial charge in [0, 0.05) is 24.3 Å². The lowest BCUT2D eigenvalue weighted by molar-refractivity contribution is 0.625. The Morgan fingerprint density at radius 2 is 2.00 bits per heavy atom. The van der Waals surface area contributed by atoms with Gasteiger partial charge in [-0.05, 0) is 27.7 Å². The Morgan fingerprint density at radius 1 is 1.42 bits per heavy atom. The molecule has 1 N–H and O–H groups in total. The highest BCUT2D eigenvalue weighted by atomic mass is 15.3. The quantitative estimate of drug-likeness (QED) is 0.692. The largest absolute Gasteiger partial charge is 0.364 e. The molecule has 0 radical (unpaired) electrons. The molecule has 0 amide bonds. The minimum Gasteiger partial charge on any atom is -0.364 e. The SMILES string of the molecule is Cc1cc(NC(C)(C)C)nn1C. The summed E-state index contributed by atoms with van der Waals surface area (Å²) in [7, 11) is 1.95. The molecule has 3 nitrogen and oxygen atoms in total. The standard InChI is InChI=1S/C9H17N3/c1-7-6-8(11-12(7)5)10-9(2,3)4/h6H,1-5H3,(H,10,11). The fourth-order valence-electron chi connectivity index (χ4n) is 1.01. The first-order chi connectivity index (χ1) is 5.38. The number of rotatable bonds is 1. The molecule has 0 atom stereocenters. The van der Waals surface area contributed by atoms with Gasteiger partial charge in [0.25, 0.3) is 0 Å². The molecule has 3 heteroatoms. The highest BCUT2D eigenvalue weighted by Crippen LogP contribution is 2.13. The third-order valence-corrected chi connectivity index (χ3v) is 1.62. The molecule has 0 spiro atoms. The lowest BCUT2D eigenvalue weighted by Gasteiger charge is -2.19. The maximum Gasteiger partial charge on any atom is 0.148 e. The van der Waals surface area contributed by atoms with Gasteiger partial charge in [0.2, 0.25) is 0 Å². The van der Waals surface area contributed by atoms with Crippen molar-refractivity contribution in [2.45, 2.75) is 33.2 Å². The Hall–Kier alpha value is -0.990. The minimum atomic E-state index is 0.0841. The zero-order valence-electron chi connectivity index (χ0n) is 8.47. The van der Waals surface area contributed by atoms with E-state index in [9.17, 15) is 0 Å². The number of nitrogens with one attached hydrogen (secondary N) is 1. The van der Waals surface area contributed by atoms with Crippen LogP contribution in [0.1, 0.15) is 26.5 Å². The van der Waals surface area contributed by atoms with Crippen molar-refractivity contribution in [2.24, 2.45) is 7.05 Å². The summed E-state index contributed by atoms with van der Waals surface area (Å²) in [4.78, 5) is 0. The highest BCUT2D eigenvalue weighted by Gasteiger charge is 2.11. The van der Waals surface area contributed by atoms with Crippen molar-refractivity contribution in [1.29, 1.82) is 0 Å². The Balaban J connectivity index is 2.77. The van der Waals surface area contributed by atoms with Gasteiger partial charge in [-0.1, -0.05) is 0 Å². The fraction of sp³-hybridized carbons (Fsp3) is 0.667. The van der Waals surface area contributed by atoms with Crippen LogP contribution in [0.25, 0.3) is 0 Å². The summed E-state index contributed by atoms with van der Waals surface area (Å²) >= 11 is 0. The summed E-state index contributed by atoms with van der Waals surface area (Å²) < 4.78 is 1.87. The van der Waals surface area contributed by atoms with Gasteiger partial charge in [0.05, 0.1) is 0 Å². The predicted molar refractivity (Wildman–Crippen MR) is 51.3 cm³/mol. The molecule has 1 aromatic rings. The summed E-state index contributed by atoms with van der Waals surface area (Å²) in [5.74, 6) is 0.947. The normalized spacial score (nSPS) is 11.8. The van der Waals surface area contributed by atoms with Gasteiger partial charge in [0.1, 0.15) is 5.82 Å². The van der Waals surface area contributed by atoms with Crippen LogP contribution in [0.15, 0.2) is 6.07 Å². The molecule has 1 aromatic heterocycles. The number of hydrogen-bond donors (Lipinski definition) is 1. The van der Waals surface area contributed by atoms with Gasteiger partial charge in [0.15, 0.2) is 0 Å². The predicted octanol–water partition coefficient (Wildman–Crippen LogP) is 1.94. The van der Waals surface area contributed by atoms with E-state index in [1.54, 1.807) is 0 Å². The molecule has 0 aromatic carbocycles. The number of aryl methyl sites for hydroxylation is 2. The highest BCUT2D eigenvalue weighted by molar-refractivity contribution is 5.37. The van der Waals surface area contributed by atoms with Crippen LogP contribution in [-0.4, -0.2) is 15.3 Å². The molecule has 0 saturated heterocycles. The maximum absolute atomic E-state index is 4.30. The molecule has 1 heterocycles. The van der Waals surface area contributed by atoms with Gasteiger partial charge < -0.3 is 5.32 Å². The average Bonchev–Trinajstić information content (AvgIpc) is 2.07. The number of anilines is 1. The van der Waals surface area contributed by atoms with Crippen LogP contribution < -0.4 is 5.32 Å². The van der Waals surface area contributed by atoms with Gasteiger partial charge in [-0.2, -0.15) is 5.10 Å². The molecular weight excluding hydrogens is 150 g/mol. The van der Waals surface area contributed by atoms with E-state index in [0.717, 1.165) is 5.82 Å². The van der Waals surface area contributed by atoms with Crippen molar-refractivity contribution in [3.8, 4) is 0 Å². The zero-order chi connectivity index (χ0) is 9.35. The number of hydrogen-bond acceptors (Lipinski definition) is 2. The van der Waals surface area contributed by atoms with E-state index in [4.69, 9.17) is 0 Å². The molecule has 0 bridgehead atoms. The number of nitrogens with zero attached hydrogens (tertiary/aromatic N) is 2. The molecular formula is C9H17N3. The topological polar surface area (TPSA) is 29.9 Å². The summed E-state index contributed by atoms with van der Waals surface area (Å²) in [6.07, 6.45) is 0. The first-order valence-corrected chi connectivity index (χ1v) is 4.17. The molecule has 0 unspecified atom stereocenters. The van der Waals surface area contributed by atoms with Crippen LogP contribution >= 0.6 is 0 Å². The van der Waals surface area contributed by atoms with E-state index in [2.05, 4.69) is 31.2 Å². The van der Waals surface area contributed by atoms with Crippen molar-refractivity contribution in [3.63, 3.8) is 0 Å². The Bertz CT molecular complexity index is 248. The first-order valence-electron chi connectivity index (χ1n) is 4.17. The van der Waals surface area contributed by atoms with E-state index >= 15 is 0 Å². The van der Waals surface area contributed by atoms with Crippen molar-refractivity contribution in [2.75, 3.05) is 5.32 Å². The van der Waals surface area contributed by atoms with Crippen molar-refractivity contribution in [1.82, 2.24) is 9.78 Å². The third kappa shape index (κ3) is 2.26. The Kier molecular flexibility index (Phi) is 2.13. The van der Waals surface area contributed by atoms with E-state index in [1.165, 1.54) is 5.69 Å². The van der Waals surface area contributed by atoms with Crippen LogP contribution in [0.5, 0.6) is 0 Å². The molecule has 12 heavy (non-hydrogen) atoms. The van der Waals surface area contributed by atoms with Crippen molar-refractivity contribution < 1.29 is 0 Å². The van der Waals surface area contributed by atoms with Gasteiger partial charge in [-0.3, -0.25) is 4.68 Å². The van der Waals surface area contributed by atoms with E-state index in [-0.39, 0.29) is 5.54 Å². The van der Waals surface area contributed by atoms with E-state index < -0.39 is 0 Å². The second kappa shape index (κ2) is 2.81. The maximum atomic E-state index is 4.30. The summed E-state index contributed by atoms with van der Waals surface area (Å²) in [6.45, 7) is 8.41. The lowest BCUT2D eigenvalue weighted by Crippen LogP contribution is -2.26. The van der Waals surface area contributed by atoms with Crippen LogP contribution in [0.4, 0.5) is 5.82 Å². The summed E-state index contributed by atoms with van der Waals surface area (Å²) in [5, 5.41) is 7.61. The molecule has 0 aliphatic carbocycles. The third-order valence-electron chi connectivity index (χ3n) is 1.62. The molecule has 0 saturated carbocycles. The van der Waals surface area contributed by atoms with Crippen molar-refractivity contribution >= 4 is 5.82 Å². The lowest BCUT2D eigenvalue weighted by atomic mass is 10.1. The smallest absolute Gasteiger partial charge is 0.148 e.